The van der Waals surface area contributed by atoms with Crippen LogP contribution in [0.4, 0.5) is 0 Å². The molecule has 0 aromatic heterocycles. The summed E-state index contributed by atoms with van der Waals surface area (Å²) in [6, 6.07) is 38.4. The van der Waals surface area contributed by atoms with E-state index in [1.54, 1.807) is 7.11 Å². The normalized spacial score (nSPS) is 11.1. The highest BCUT2D eigenvalue weighted by Crippen LogP contribution is 2.35. The summed E-state index contributed by atoms with van der Waals surface area (Å²) in [5.41, 5.74) is 12.2. The van der Waals surface area contributed by atoms with Crippen LogP contribution >= 0.6 is 0 Å². The number of aryl methyl sites for hydroxylation is 6. The van der Waals surface area contributed by atoms with E-state index in [0.29, 0.717) is 0 Å². The van der Waals surface area contributed by atoms with Gasteiger partial charge in [0, 0.05) is 5.41 Å². The van der Waals surface area contributed by atoms with Gasteiger partial charge in [0.25, 0.3) is 0 Å². The van der Waals surface area contributed by atoms with E-state index < -0.39 is 0 Å². The van der Waals surface area contributed by atoms with Gasteiger partial charge in [-0.1, -0.05) is 119 Å². The molecule has 0 fully saturated rings. The van der Waals surface area contributed by atoms with Crippen molar-refractivity contribution in [1.29, 1.82) is 0 Å². The first-order valence-electron chi connectivity index (χ1n) is 16.8. The van der Waals surface area contributed by atoms with Crippen molar-refractivity contribution in [3.8, 4) is 17.2 Å². The van der Waals surface area contributed by atoms with Crippen LogP contribution < -0.4 is 9.47 Å². The summed E-state index contributed by atoms with van der Waals surface area (Å²) in [7, 11) is 1.69. The van der Waals surface area contributed by atoms with Crippen molar-refractivity contribution >= 4 is 0 Å². The van der Waals surface area contributed by atoms with Gasteiger partial charge in [-0.15, -0.1) is 0 Å². The molecule has 5 aromatic carbocycles. The third-order valence-electron chi connectivity index (χ3n) is 9.23. The first-order valence-corrected chi connectivity index (χ1v) is 16.8. The Morgan fingerprint density at radius 2 is 0.809 bits per heavy atom. The molecule has 0 N–H and O–H groups in total. The minimum Gasteiger partial charge on any atom is -0.497 e. The van der Waals surface area contributed by atoms with Crippen LogP contribution in [0.1, 0.15) is 91.1 Å². The van der Waals surface area contributed by atoms with Crippen LogP contribution in [0.3, 0.4) is 0 Å². The molecule has 5 rings (SSSR count). The lowest BCUT2D eigenvalue weighted by molar-refractivity contribution is 0.414. The Kier molecular flexibility index (Phi) is 13.0. The number of rotatable bonds is 6. The van der Waals surface area contributed by atoms with E-state index in [9.17, 15) is 0 Å². The molecule has 0 radical (unpaired) electrons. The van der Waals surface area contributed by atoms with Crippen LogP contribution in [-0.4, -0.2) is 7.11 Å². The average molecular weight is 629 g/mol. The molecule has 0 aliphatic rings. The molecule has 2 nitrogen and oxygen atoms in total. The Bertz CT molecular complexity index is 1590. The van der Waals surface area contributed by atoms with Crippen LogP contribution in [0.2, 0.25) is 0 Å². The molecular weight excluding hydrogens is 572 g/mol. The molecule has 0 saturated heterocycles. The van der Waals surface area contributed by atoms with Gasteiger partial charge in [0.2, 0.25) is 0 Å². The molecule has 0 unspecified atom stereocenters. The number of methoxy groups -OCH3 is 1. The first kappa shape index (κ1) is 37.2. The lowest BCUT2D eigenvalue weighted by atomic mass is 9.74. The molecular formula is C45H56O2. The third-order valence-corrected chi connectivity index (χ3v) is 9.23. The van der Waals surface area contributed by atoms with Crippen molar-refractivity contribution in [1.82, 2.24) is 0 Å². The molecule has 0 atom stereocenters. The van der Waals surface area contributed by atoms with E-state index in [1.165, 1.54) is 50.1 Å². The summed E-state index contributed by atoms with van der Waals surface area (Å²) in [4.78, 5) is 0. The topological polar surface area (TPSA) is 18.5 Å². The van der Waals surface area contributed by atoms with Gasteiger partial charge in [0.05, 0.1) is 7.11 Å². The van der Waals surface area contributed by atoms with Crippen LogP contribution in [-0.2, 0) is 10.8 Å². The zero-order chi connectivity index (χ0) is 34.8. The molecule has 0 bridgehead atoms. The van der Waals surface area contributed by atoms with Crippen LogP contribution in [0, 0.1) is 41.5 Å². The van der Waals surface area contributed by atoms with E-state index in [2.05, 4.69) is 161 Å². The maximum absolute atomic E-state index is 5.85. The lowest BCUT2D eigenvalue weighted by Crippen LogP contribution is -2.22. The smallest absolute Gasteiger partial charge is 0.127 e. The molecule has 2 heteroatoms. The number of hydrogen-bond donors (Lipinski definition) is 0. The predicted octanol–water partition coefficient (Wildman–Crippen LogP) is 12.7. The van der Waals surface area contributed by atoms with Crippen molar-refractivity contribution in [2.45, 2.75) is 93.4 Å². The van der Waals surface area contributed by atoms with E-state index in [4.69, 9.17) is 9.47 Å². The average Bonchev–Trinajstić information content (AvgIpc) is 3.05. The number of ether oxygens (including phenoxy) is 2. The first-order chi connectivity index (χ1) is 22.2. The highest BCUT2D eigenvalue weighted by molar-refractivity contribution is 5.41. The largest absolute Gasteiger partial charge is 0.497 e. The third kappa shape index (κ3) is 10.6. The summed E-state index contributed by atoms with van der Waals surface area (Å²) in [6.07, 6.45) is 1.11. The number of hydrogen-bond acceptors (Lipinski definition) is 2. The van der Waals surface area contributed by atoms with Crippen LogP contribution in [0.5, 0.6) is 17.2 Å². The highest BCUT2D eigenvalue weighted by atomic mass is 16.5. The molecule has 0 aliphatic heterocycles. The van der Waals surface area contributed by atoms with E-state index in [0.717, 1.165) is 23.7 Å². The Morgan fingerprint density at radius 3 is 1.13 bits per heavy atom. The highest BCUT2D eigenvalue weighted by Gasteiger charge is 2.26. The van der Waals surface area contributed by atoms with Gasteiger partial charge in [-0.25, -0.2) is 0 Å². The van der Waals surface area contributed by atoms with Crippen LogP contribution in [0.25, 0.3) is 0 Å². The van der Waals surface area contributed by atoms with E-state index in [-0.39, 0.29) is 10.8 Å². The minimum atomic E-state index is 0.112. The standard InChI is InChI=1S/C18H22.C16H18O.C11H16O/c1-5-18(4,16-10-6-14(2)7-11-16)17-12-8-15(3)9-13-17;1-11-5-7-15(9-13(11)3)17-16-8-6-12(2)14(4)10-16;1-11(2,3)9-5-7-10(12-4)8-6-9/h6-13H,5H2,1-4H3;5-10H,1-4H3;5-8H,1-4H3. The summed E-state index contributed by atoms with van der Waals surface area (Å²) < 4.78 is 10.9. The van der Waals surface area contributed by atoms with Gasteiger partial charge < -0.3 is 9.47 Å². The monoisotopic (exact) mass is 628 g/mol. The zero-order valence-electron chi connectivity index (χ0n) is 30.9. The van der Waals surface area contributed by atoms with Gasteiger partial charge >= 0.3 is 0 Å². The van der Waals surface area contributed by atoms with Crippen molar-refractivity contribution in [3.05, 3.63) is 159 Å². The van der Waals surface area contributed by atoms with Gasteiger partial charge in [-0.3, -0.25) is 0 Å². The van der Waals surface area contributed by atoms with Crippen molar-refractivity contribution in [3.63, 3.8) is 0 Å². The molecule has 248 valence electrons. The fraction of sp³-hybridized carbons (Fsp3) is 0.333. The summed E-state index contributed by atoms with van der Waals surface area (Å²) in [5.74, 6) is 2.72. The Hall–Kier alpha value is -4.30. The quantitative estimate of drug-likeness (QED) is 0.186. The molecule has 5 aromatic rings. The van der Waals surface area contributed by atoms with Gasteiger partial charge in [0.15, 0.2) is 0 Å². The molecule has 0 saturated carbocycles. The second-order valence-electron chi connectivity index (χ2n) is 14.0. The second-order valence-corrected chi connectivity index (χ2v) is 14.0. The minimum absolute atomic E-state index is 0.112. The summed E-state index contributed by atoms with van der Waals surface area (Å²) in [5, 5.41) is 0. The van der Waals surface area contributed by atoms with Crippen molar-refractivity contribution in [2.24, 2.45) is 0 Å². The maximum Gasteiger partial charge on any atom is 0.127 e. The molecule has 0 amide bonds. The molecule has 47 heavy (non-hydrogen) atoms. The Balaban J connectivity index is 0.000000196. The van der Waals surface area contributed by atoms with Crippen molar-refractivity contribution < 1.29 is 9.47 Å². The SMILES string of the molecule is CCC(C)(c1ccc(C)cc1)c1ccc(C)cc1.COc1ccc(C(C)(C)C)cc1.Cc1ccc(Oc2ccc(C)c(C)c2)cc1C. The Morgan fingerprint density at radius 1 is 0.447 bits per heavy atom. The second kappa shape index (κ2) is 16.5. The lowest BCUT2D eigenvalue weighted by Gasteiger charge is -2.30. The zero-order valence-corrected chi connectivity index (χ0v) is 30.9. The summed E-state index contributed by atoms with van der Waals surface area (Å²) >= 11 is 0. The maximum atomic E-state index is 5.85. The molecule has 0 aliphatic carbocycles. The Labute approximate surface area is 285 Å². The summed E-state index contributed by atoms with van der Waals surface area (Å²) in [6.45, 7) is 23.9. The van der Waals surface area contributed by atoms with Gasteiger partial charge in [-0.05, 0) is 129 Å². The number of benzene rings is 5. The van der Waals surface area contributed by atoms with Crippen molar-refractivity contribution in [2.75, 3.05) is 7.11 Å². The predicted molar refractivity (Wildman–Crippen MR) is 203 cm³/mol. The van der Waals surface area contributed by atoms with E-state index >= 15 is 0 Å². The fourth-order valence-electron chi connectivity index (χ4n) is 5.20. The van der Waals surface area contributed by atoms with Gasteiger partial charge in [-0.2, -0.15) is 0 Å². The molecule has 0 spiro atoms. The van der Waals surface area contributed by atoms with E-state index in [1.807, 2.05) is 24.3 Å². The molecule has 0 heterocycles. The fourth-order valence-corrected chi connectivity index (χ4v) is 5.20. The van der Waals surface area contributed by atoms with Gasteiger partial charge in [0.1, 0.15) is 17.2 Å². The van der Waals surface area contributed by atoms with Crippen LogP contribution in [0.15, 0.2) is 109 Å².